The number of sulfone groups is 1. The van der Waals surface area contributed by atoms with Crippen molar-refractivity contribution >= 4 is 27.5 Å². The number of benzene rings is 3. The third-order valence-corrected chi connectivity index (χ3v) is 10.9. The molecule has 0 spiro atoms. The predicted molar refractivity (Wildman–Crippen MR) is 163 cm³/mol. The lowest BCUT2D eigenvalue weighted by Gasteiger charge is -2.31. The van der Waals surface area contributed by atoms with Crippen molar-refractivity contribution in [2.75, 3.05) is 13.2 Å². The number of hydrogen-bond acceptors (Lipinski definition) is 6. The van der Waals surface area contributed by atoms with Crippen molar-refractivity contribution in [1.82, 2.24) is 5.01 Å². The van der Waals surface area contributed by atoms with Crippen molar-refractivity contribution < 1.29 is 22.7 Å². The van der Waals surface area contributed by atoms with Crippen LogP contribution >= 0.6 is 0 Å². The Morgan fingerprint density at radius 1 is 0.929 bits per heavy atom. The molecule has 1 aliphatic heterocycles. The van der Waals surface area contributed by atoms with Gasteiger partial charge in [-0.25, -0.2) is 13.4 Å². The quantitative estimate of drug-likeness (QED) is 0.282. The molecule has 2 saturated carbocycles. The van der Waals surface area contributed by atoms with Crippen LogP contribution in [0, 0.1) is 5.92 Å². The molecule has 0 saturated heterocycles. The second-order valence-corrected chi connectivity index (χ2v) is 13.3. The van der Waals surface area contributed by atoms with Gasteiger partial charge in [0.15, 0.2) is 14.6 Å². The Kier molecular flexibility index (Phi) is 7.66. The standard InChI is InChI=1S/C34H36N2O5S/c1-3-40-27-17-13-24(14-18-27)23-26-9-8-12-30-31(26)35-36(32(30)25-15-19-28(20-16-25)41-4-2)33(37)34(21-22-34)42(38,39)29-10-6-5-7-11-29/h5-7,10-11,13-20,23,30,32H,3-4,8-9,12,21-22H2,1-2H3/b26-23-/t30-,32-/m0/s1. The molecule has 3 aliphatic rings. The summed E-state index contributed by atoms with van der Waals surface area (Å²) in [5.41, 5.74) is 3.91. The van der Waals surface area contributed by atoms with E-state index >= 15 is 0 Å². The zero-order chi connectivity index (χ0) is 29.3. The highest BCUT2D eigenvalue weighted by atomic mass is 32.2. The highest BCUT2D eigenvalue weighted by molar-refractivity contribution is 7.94. The number of hydrogen-bond donors (Lipinski definition) is 0. The Morgan fingerprint density at radius 3 is 2.14 bits per heavy atom. The fourth-order valence-corrected chi connectivity index (χ4v) is 8.13. The summed E-state index contributed by atoms with van der Waals surface area (Å²) in [5.74, 6) is 1.10. The zero-order valence-electron chi connectivity index (χ0n) is 24.0. The Hall–Kier alpha value is -3.91. The molecule has 0 radical (unpaired) electrons. The van der Waals surface area contributed by atoms with Gasteiger partial charge in [0, 0.05) is 5.92 Å². The van der Waals surface area contributed by atoms with Crippen molar-refractivity contribution in [2.45, 2.75) is 61.6 Å². The molecule has 218 valence electrons. The van der Waals surface area contributed by atoms with Gasteiger partial charge >= 0.3 is 0 Å². The average Bonchev–Trinajstić information content (AvgIpc) is 3.75. The summed E-state index contributed by atoms with van der Waals surface area (Å²) >= 11 is 0. The number of ether oxygens (including phenoxy) is 2. The van der Waals surface area contributed by atoms with E-state index in [0.29, 0.717) is 26.1 Å². The van der Waals surface area contributed by atoms with E-state index in [1.165, 1.54) is 5.01 Å². The molecule has 6 rings (SSSR count). The summed E-state index contributed by atoms with van der Waals surface area (Å²) in [6, 6.07) is 23.6. The maximum atomic E-state index is 14.4. The average molecular weight is 585 g/mol. The smallest absolute Gasteiger partial charge is 0.265 e. The van der Waals surface area contributed by atoms with Crippen molar-refractivity contribution in [3.63, 3.8) is 0 Å². The number of nitrogens with zero attached hydrogens (tertiary/aromatic N) is 2. The first-order valence-corrected chi connectivity index (χ1v) is 16.2. The molecule has 8 heteroatoms. The van der Waals surface area contributed by atoms with Gasteiger partial charge in [0.25, 0.3) is 5.91 Å². The fourth-order valence-electron chi connectivity index (χ4n) is 6.20. The Bertz CT molecular complexity index is 1610. The van der Waals surface area contributed by atoms with Crippen LogP contribution in [0.25, 0.3) is 6.08 Å². The summed E-state index contributed by atoms with van der Waals surface area (Å²) in [5, 5.41) is 6.48. The van der Waals surface area contributed by atoms with Gasteiger partial charge in [0.05, 0.1) is 29.9 Å². The second-order valence-electron chi connectivity index (χ2n) is 11.1. The SMILES string of the molecule is CCOc1ccc(/C=C2/CCC[C@H]3C2=NN(C(=O)C2(S(=O)(=O)c4ccccc4)CC2)[C@H]3c2ccc(OCC)cc2)cc1. The monoisotopic (exact) mass is 584 g/mol. The van der Waals surface area contributed by atoms with E-state index in [1.54, 1.807) is 30.3 Å². The number of fused-ring (bicyclic) bond motifs is 1. The minimum Gasteiger partial charge on any atom is -0.494 e. The molecule has 0 aromatic heterocycles. The lowest BCUT2D eigenvalue weighted by molar-refractivity contribution is -0.134. The number of hydrazone groups is 1. The van der Waals surface area contributed by atoms with Crippen molar-refractivity contribution in [3.8, 4) is 11.5 Å². The van der Waals surface area contributed by atoms with Crippen LogP contribution in [0.4, 0.5) is 0 Å². The lowest BCUT2D eigenvalue weighted by Crippen LogP contribution is -2.43. The Balaban J connectivity index is 1.40. The van der Waals surface area contributed by atoms with Crippen molar-refractivity contribution in [3.05, 3.63) is 95.6 Å². The van der Waals surface area contributed by atoms with Gasteiger partial charge in [0.2, 0.25) is 0 Å². The summed E-state index contributed by atoms with van der Waals surface area (Å²) < 4.78 is 37.4. The highest BCUT2D eigenvalue weighted by Crippen LogP contribution is 2.52. The van der Waals surface area contributed by atoms with Crippen LogP contribution in [0.5, 0.6) is 11.5 Å². The van der Waals surface area contributed by atoms with Crippen LogP contribution in [-0.4, -0.2) is 43.0 Å². The Labute approximate surface area is 247 Å². The predicted octanol–water partition coefficient (Wildman–Crippen LogP) is 6.61. The van der Waals surface area contributed by atoms with E-state index in [2.05, 4.69) is 6.08 Å². The molecule has 0 N–H and O–H groups in total. The molecule has 3 aromatic carbocycles. The van der Waals surface area contributed by atoms with E-state index in [-0.39, 0.29) is 10.8 Å². The van der Waals surface area contributed by atoms with Crippen LogP contribution in [0.3, 0.4) is 0 Å². The first-order chi connectivity index (χ1) is 20.4. The number of allylic oxidation sites excluding steroid dienone is 1. The van der Waals surface area contributed by atoms with Gasteiger partial charge in [-0.1, -0.05) is 42.5 Å². The molecule has 1 heterocycles. The number of rotatable bonds is 9. The molecule has 7 nitrogen and oxygen atoms in total. The molecule has 2 fully saturated rings. The molecule has 0 unspecified atom stereocenters. The van der Waals surface area contributed by atoms with Gasteiger partial charge in [-0.05, 0) is 105 Å². The molecule has 1 amide bonds. The topological polar surface area (TPSA) is 85.3 Å². The van der Waals surface area contributed by atoms with Gasteiger partial charge in [-0.2, -0.15) is 5.10 Å². The van der Waals surface area contributed by atoms with Crippen LogP contribution < -0.4 is 9.47 Å². The molecule has 0 bridgehead atoms. The third kappa shape index (κ3) is 5.02. The number of carbonyl (C=O) groups excluding carboxylic acids is 1. The van der Waals surface area contributed by atoms with E-state index in [0.717, 1.165) is 53.2 Å². The molecule has 2 aliphatic carbocycles. The summed E-state index contributed by atoms with van der Waals surface area (Å²) in [7, 11) is -3.89. The number of carbonyl (C=O) groups is 1. The largest absolute Gasteiger partial charge is 0.494 e. The fraction of sp³-hybridized carbons (Fsp3) is 0.353. The van der Waals surface area contributed by atoms with Crippen LogP contribution in [0.2, 0.25) is 0 Å². The molecule has 42 heavy (non-hydrogen) atoms. The molecule has 3 aromatic rings. The lowest BCUT2D eigenvalue weighted by atomic mass is 9.77. The minimum absolute atomic E-state index is 0.0372. The van der Waals surface area contributed by atoms with Gasteiger partial charge in [-0.3, -0.25) is 4.79 Å². The summed E-state index contributed by atoms with van der Waals surface area (Å²) in [4.78, 5) is 14.6. The first-order valence-electron chi connectivity index (χ1n) is 14.8. The Morgan fingerprint density at radius 2 is 1.55 bits per heavy atom. The van der Waals surface area contributed by atoms with Crippen LogP contribution in [-0.2, 0) is 14.6 Å². The maximum Gasteiger partial charge on any atom is 0.265 e. The van der Waals surface area contributed by atoms with E-state index in [4.69, 9.17) is 14.6 Å². The first kappa shape index (κ1) is 28.2. The maximum absolute atomic E-state index is 14.4. The molecule has 2 atom stereocenters. The molecular formula is C34H36N2O5S. The van der Waals surface area contributed by atoms with Crippen molar-refractivity contribution in [1.29, 1.82) is 0 Å². The van der Waals surface area contributed by atoms with E-state index in [9.17, 15) is 13.2 Å². The minimum atomic E-state index is -3.89. The van der Waals surface area contributed by atoms with Gasteiger partial charge in [-0.15, -0.1) is 0 Å². The van der Waals surface area contributed by atoms with Crippen molar-refractivity contribution in [2.24, 2.45) is 11.0 Å². The third-order valence-electron chi connectivity index (χ3n) is 8.44. The van der Waals surface area contributed by atoms with Crippen LogP contribution in [0.1, 0.15) is 63.1 Å². The summed E-state index contributed by atoms with van der Waals surface area (Å²) in [6.45, 7) is 5.06. The molecular weight excluding hydrogens is 548 g/mol. The normalized spacial score (nSPS) is 21.9. The van der Waals surface area contributed by atoms with Gasteiger partial charge in [0.1, 0.15) is 11.5 Å². The second kappa shape index (κ2) is 11.4. The van der Waals surface area contributed by atoms with E-state index < -0.39 is 26.5 Å². The van der Waals surface area contributed by atoms with Crippen LogP contribution in [0.15, 0.2) is 94.4 Å². The van der Waals surface area contributed by atoms with E-state index in [1.807, 2.05) is 62.4 Å². The summed E-state index contributed by atoms with van der Waals surface area (Å²) in [6.07, 6.45) is 5.38. The highest BCUT2D eigenvalue weighted by Gasteiger charge is 2.64. The zero-order valence-corrected chi connectivity index (χ0v) is 24.8. The number of amides is 1. The van der Waals surface area contributed by atoms with Gasteiger partial charge < -0.3 is 9.47 Å².